The number of nitrogens with one attached hydrogen (secondary N) is 1. The Kier molecular flexibility index (Phi) is 5.73. The number of carboxylic acids is 1. The topological polar surface area (TPSA) is 102 Å². The van der Waals surface area contributed by atoms with Crippen LogP contribution in [0.1, 0.15) is 26.3 Å². The Balaban J connectivity index is 2.00. The van der Waals surface area contributed by atoms with E-state index in [1.165, 1.54) is 25.3 Å². The van der Waals surface area contributed by atoms with Crippen molar-refractivity contribution in [2.24, 2.45) is 0 Å². The van der Waals surface area contributed by atoms with E-state index in [0.29, 0.717) is 16.8 Å². The monoisotopic (exact) mass is 343 g/mol. The summed E-state index contributed by atoms with van der Waals surface area (Å²) in [5.74, 6) is -1.89. The van der Waals surface area contributed by atoms with Crippen LogP contribution in [-0.4, -0.2) is 36.7 Å². The van der Waals surface area contributed by atoms with E-state index in [2.05, 4.69) is 10.1 Å². The van der Waals surface area contributed by atoms with Crippen LogP contribution in [0.5, 0.6) is 5.75 Å². The summed E-state index contributed by atoms with van der Waals surface area (Å²) in [5.41, 5.74) is 1.46. The minimum Gasteiger partial charge on any atom is -0.483 e. The lowest BCUT2D eigenvalue weighted by molar-refractivity contribution is -0.118. The number of hydrogen-bond donors (Lipinski definition) is 2. The second-order valence-electron chi connectivity index (χ2n) is 5.16. The lowest BCUT2D eigenvalue weighted by atomic mass is 10.1. The quantitative estimate of drug-likeness (QED) is 0.781. The van der Waals surface area contributed by atoms with Gasteiger partial charge in [-0.05, 0) is 42.8 Å². The standard InChI is InChI=1S/C18H17NO6/c1-11-4-3-5-14(17(21)22)16(11)25-10-15(20)19-13-8-6-12(7-9-13)18(23)24-2/h3-9H,10H2,1-2H3,(H,19,20)(H,21,22). The van der Waals surface area contributed by atoms with Crippen molar-refractivity contribution in [3.63, 3.8) is 0 Å². The van der Waals surface area contributed by atoms with Gasteiger partial charge in [0.2, 0.25) is 0 Å². The molecular formula is C18H17NO6. The van der Waals surface area contributed by atoms with Crippen molar-refractivity contribution in [2.75, 3.05) is 19.0 Å². The van der Waals surface area contributed by atoms with Crippen LogP contribution in [0.15, 0.2) is 42.5 Å². The van der Waals surface area contributed by atoms with Crippen molar-refractivity contribution in [3.8, 4) is 5.75 Å². The fourth-order valence-corrected chi connectivity index (χ4v) is 2.15. The molecule has 7 nitrogen and oxygen atoms in total. The Labute approximate surface area is 144 Å². The van der Waals surface area contributed by atoms with Gasteiger partial charge in [-0.15, -0.1) is 0 Å². The summed E-state index contributed by atoms with van der Waals surface area (Å²) in [7, 11) is 1.28. The highest BCUT2D eigenvalue weighted by Gasteiger charge is 2.15. The van der Waals surface area contributed by atoms with E-state index in [1.807, 2.05) is 0 Å². The number of esters is 1. The molecule has 0 heterocycles. The number of para-hydroxylation sites is 1. The molecule has 0 aliphatic heterocycles. The van der Waals surface area contributed by atoms with Crippen molar-refractivity contribution in [1.82, 2.24) is 0 Å². The average Bonchev–Trinajstić information content (AvgIpc) is 2.60. The number of aromatic carboxylic acids is 1. The zero-order chi connectivity index (χ0) is 18.4. The first-order valence-corrected chi connectivity index (χ1v) is 7.36. The lowest BCUT2D eigenvalue weighted by Gasteiger charge is -2.12. The van der Waals surface area contributed by atoms with Crippen LogP contribution < -0.4 is 10.1 Å². The van der Waals surface area contributed by atoms with Gasteiger partial charge in [0.05, 0.1) is 12.7 Å². The molecule has 2 aromatic carbocycles. The number of ether oxygens (including phenoxy) is 2. The molecule has 0 unspecified atom stereocenters. The van der Waals surface area contributed by atoms with Crippen LogP contribution in [0.2, 0.25) is 0 Å². The fraction of sp³-hybridized carbons (Fsp3) is 0.167. The van der Waals surface area contributed by atoms with Gasteiger partial charge in [0.1, 0.15) is 11.3 Å². The minimum absolute atomic E-state index is 0.00442. The first-order chi connectivity index (χ1) is 11.9. The summed E-state index contributed by atoms with van der Waals surface area (Å²) >= 11 is 0. The van der Waals surface area contributed by atoms with E-state index in [-0.39, 0.29) is 17.9 Å². The average molecular weight is 343 g/mol. The summed E-state index contributed by atoms with van der Waals surface area (Å²) in [4.78, 5) is 34.5. The van der Waals surface area contributed by atoms with Crippen molar-refractivity contribution in [3.05, 3.63) is 59.2 Å². The maximum absolute atomic E-state index is 12.0. The number of methoxy groups -OCH3 is 1. The smallest absolute Gasteiger partial charge is 0.339 e. The van der Waals surface area contributed by atoms with Gasteiger partial charge in [-0.25, -0.2) is 9.59 Å². The summed E-state index contributed by atoms with van der Waals surface area (Å²) in [6.07, 6.45) is 0. The minimum atomic E-state index is -1.13. The molecule has 0 fully saturated rings. The molecule has 0 bridgehead atoms. The fourth-order valence-electron chi connectivity index (χ4n) is 2.15. The Hall–Kier alpha value is -3.35. The molecule has 7 heteroatoms. The zero-order valence-corrected chi connectivity index (χ0v) is 13.7. The molecule has 0 atom stereocenters. The number of rotatable bonds is 6. The van der Waals surface area contributed by atoms with Crippen LogP contribution in [-0.2, 0) is 9.53 Å². The molecule has 0 saturated heterocycles. The first kappa shape index (κ1) is 18.0. The van der Waals surface area contributed by atoms with Crippen LogP contribution in [0.25, 0.3) is 0 Å². The van der Waals surface area contributed by atoms with Crippen molar-refractivity contribution < 1.29 is 29.0 Å². The van der Waals surface area contributed by atoms with Gasteiger partial charge in [0.15, 0.2) is 6.61 Å². The maximum Gasteiger partial charge on any atom is 0.339 e. The molecule has 0 aromatic heterocycles. The van der Waals surface area contributed by atoms with E-state index < -0.39 is 17.8 Å². The largest absolute Gasteiger partial charge is 0.483 e. The number of carboxylic acid groups (broad SMARTS) is 1. The first-order valence-electron chi connectivity index (χ1n) is 7.36. The number of benzene rings is 2. The molecule has 1 amide bonds. The van der Waals surface area contributed by atoms with Crippen molar-refractivity contribution >= 4 is 23.5 Å². The Morgan fingerprint density at radius 2 is 1.76 bits per heavy atom. The number of aryl methyl sites for hydroxylation is 1. The molecule has 130 valence electrons. The van der Waals surface area contributed by atoms with Crippen LogP contribution in [0, 0.1) is 6.92 Å². The van der Waals surface area contributed by atoms with E-state index in [9.17, 15) is 14.4 Å². The molecule has 2 rings (SSSR count). The second kappa shape index (κ2) is 7.96. The van der Waals surface area contributed by atoms with Crippen LogP contribution >= 0.6 is 0 Å². The van der Waals surface area contributed by atoms with Crippen LogP contribution in [0.3, 0.4) is 0 Å². The van der Waals surface area contributed by atoms with E-state index in [0.717, 1.165) is 0 Å². The predicted molar refractivity (Wildman–Crippen MR) is 90.0 cm³/mol. The van der Waals surface area contributed by atoms with Crippen molar-refractivity contribution in [1.29, 1.82) is 0 Å². The summed E-state index contributed by atoms with van der Waals surface area (Å²) in [6, 6.07) is 10.9. The molecule has 2 N–H and O–H groups in total. The molecule has 0 aliphatic rings. The SMILES string of the molecule is COC(=O)c1ccc(NC(=O)COc2c(C)cccc2C(=O)O)cc1. The maximum atomic E-state index is 12.0. The number of carbonyl (C=O) groups excluding carboxylic acids is 2. The molecular weight excluding hydrogens is 326 g/mol. The van der Waals surface area contributed by atoms with Gasteiger partial charge in [0, 0.05) is 5.69 Å². The molecule has 2 aromatic rings. The highest BCUT2D eigenvalue weighted by Crippen LogP contribution is 2.23. The Bertz CT molecular complexity index is 798. The zero-order valence-electron chi connectivity index (χ0n) is 13.7. The van der Waals surface area contributed by atoms with Gasteiger partial charge in [-0.2, -0.15) is 0 Å². The van der Waals surface area contributed by atoms with Crippen LogP contribution in [0.4, 0.5) is 5.69 Å². The lowest BCUT2D eigenvalue weighted by Crippen LogP contribution is -2.21. The number of anilines is 1. The molecule has 25 heavy (non-hydrogen) atoms. The Morgan fingerprint density at radius 1 is 1.08 bits per heavy atom. The van der Waals surface area contributed by atoms with E-state index in [4.69, 9.17) is 9.84 Å². The summed E-state index contributed by atoms with van der Waals surface area (Å²) < 4.78 is 9.97. The van der Waals surface area contributed by atoms with Gasteiger partial charge >= 0.3 is 11.9 Å². The van der Waals surface area contributed by atoms with Gasteiger partial charge in [-0.1, -0.05) is 12.1 Å². The number of hydrogen-bond acceptors (Lipinski definition) is 5. The molecule has 0 radical (unpaired) electrons. The predicted octanol–water partition coefficient (Wildman–Crippen LogP) is 2.50. The molecule has 0 spiro atoms. The van der Waals surface area contributed by atoms with E-state index in [1.54, 1.807) is 31.2 Å². The summed E-state index contributed by atoms with van der Waals surface area (Å²) in [5, 5.41) is 11.8. The van der Waals surface area contributed by atoms with E-state index >= 15 is 0 Å². The van der Waals surface area contributed by atoms with Gasteiger partial charge < -0.3 is 19.9 Å². The van der Waals surface area contributed by atoms with Gasteiger partial charge in [-0.3, -0.25) is 4.79 Å². The third kappa shape index (κ3) is 4.57. The normalized spacial score (nSPS) is 10.0. The third-order valence-corrected chi connectivity index (χ3v) is 3.38. The van der Waals surface area contributed by atoms with Crippen molar-refractivity contribution in [2.45, 2.75) is 6.92 Å². The number of carbonyl (C=O) groups is 3. The third-order valence-electron chi connectivity index (χ3n) is 3.38. The Morgan fingerprint density at radius 3 is 2.36 bits per heavy atom. The van der Waals surface area contributed by atoms with Gasteiger partial charge in [0.25, 0.3) is 5.91 Å². The second-order valence-corrected chi connectivity index (χ2v) is 5.16. The highest BCUT2D eigenvalue weighted by molar-refractivity contribution is 5.94. The molecule has 0 aliphatic carbocycles. The highest BCUT2D eigenvalue weighted by atomic mass is 16.5. The number of amides is 1. The molecule has 0 saturated carbocycles. The summed E-state index contributed by atoms with van der Waals surface area (Å²) in [6.45, 7) is 1.36.